The third-order valence-electron chi connectivity index (χ3n) is 3.13. The van der Waals surface area contributed by atoms with Gasteiger partial charge in [0.2, 0.25) is 0 Å². The molecule has 0 saturated carbocycles. The van der Waals surface area contributed by atoms with Gasteiger partial charge in [-0.1, -0.05) is 50.9 Å². The maximum atomic E-state index is 6.37. The topological polar surface area (TPSA) is 26.0 Å². The molecular weight excluding hydrogens is 230 g/mol. The van der Waals surface area contributed by atoms with Crippen LogP contribution in [0.5, 0.6) is 0 Å². The van der Waals surface area contributed by atoms with Crippen LogP contribution in [-0.4, -0.2) is 0 Å². The van der Waals surface area contributed by atoms with E-state index < -0.39 is 0 Å². The second-order valence-electron chi connectivity index (χ2n) is 6.34. The Morgan fingerprint density at radius 1 is 1.00 bits per heavy atom. The van der Waals surface area contributed by atoms with Gasteiger partial charge >= 0.3 is 0 Å². The van der Waals surface area contributed by atoms with E-state index in [0.29, 0.717) is 5.41 Å². The summed E-state index contributed by atoms with van der Waals surface area (Å²) in [7, 11) is 0. The van der Waals surface area contributed by atoms with Crippen LogP contribution < -0.4 is 5.73 Å². The Kier molecular flexibility index (Phi) is 4.62. The van der Waals surface area contributed by atoms with Crippen LogP contribution in [-0.2, 0) is 5.54 Å². The monoisotopic (exact) mass is 253 g/mol. The van der Waals surface area contributed by atoms with Gasteiger partial charge in [0.25, 0.3) is 0 Å². The molecule has 1 rings (SSSR count). The van der Waals surface area contributed by atoms with Crippen molar-refractivity contribution in [1.82, 2.24) is 0 Å². The van der Waals surface area contributed by atoms with E-state index in [0.717, 1.165) is 23.4 Å². The van der Waals surface area contributed by atoms with Crippen molar-refractivity contribution in [3.63, 3.8) is 0 Å². The summed E-state index contributed by atoms with van der Waals surface area (Å²) in [6.07, 6.45) is 3.36. The van der Waals surface area contributed by atoms with E-state index in [1.54, 1.807) is 0 Å². The zero-order chi connectivity index (χ0) is 13.1. The molecule has 0 amide bonds. The molecule has 1 atom stereocenters. The van der Waals surface area contributed by atoms with Crippen LogP contribution in [0.15, 0.2) is 24.3 Å². The van der Waals surface area contributed by atoms with Gasteiger partial charge in [-0.2, -0.15) is 0 Å². The third-order valence-corrected chi connectivity index (χ3v) is 3.38. The second kappa shape index (κ2) is 5.41. The number of hydrogen-bond donors (Lipinski definition) is 1. The van der Waals surface area contributed by atoms with Gasteiger partial charge < -0.3 is 5.73 Å². The SMILES string of the molecule is CC(C)(C)CCCC(C)(N)c1ccc(Cl)cc1. The highest BCUT2D eigenvalue weighted by Crippen LogP contribution is 2.29. The minimum absolute atomic E-state index is 0.254. The van der Waals surface area contributed by atoms with Crippen LogP contribution in [0, 0.1) is 5.41 Å². The number of halogens is 1. The smallest absolute Gasteiger partial charge is 0.0406 e. The number of rotatable bonds is 4. The van der Waals surface area contributed by atoms with Crippen molar-refractivity contribution in [2.24, 2.45) is 11.1 Å². The Bertz CT molecular complexity index is 346. The molecule has 0 aliphatic carbocycles. The Morgan fingerprint density at radius 2 is 1.53 bits per heavy atom. The van der Waals surface area contributed by atoms with Crippen molar-refractivity contribution >= 4 is 11.6 Å². The fraction of sp³-hybridized carbons (Fsp3) is 0.600. The highest BCUT2D eigenvalue weighted by atomic mass is 35.5. The van der Waals surface area contributed by atoms with Gasteiger partial charge in [-0.15, -0.1) is 0 Å². The minimum atomic E-state index is -0.254. The van der Waals surface area contributed by atoms with Gasteiger partial charge in [-0.25, -0.2) is 0 Å². The molecule has 96 valence electrons. The summed E-state index contributed by atoms with van der Waals surface area (Å²) < 4.78 is 0. The molecule has 0 bridgehead atoms. The molecular formula is C15H24ClN. The van der Waals surface area contributed by atoms with E-state index in [1.165, 1.54) is 6.42 Å². The van der Waals surface area contributed by atoms with Crippen LogP contribution in [0.2, 0.25) is 5.02 Å². The minimum Gasteiger partial charge on any atom is -0.322 e. The standard InChI is InChI=1S/C15H24ClN/c1-14(2,3)10-5-11-15(4,17)12-6-8-13(16)9-7-12/h6-9H,5,10-11,17H2,1-4H3. The van der Waals surface area contributed by atoms with Crippen molar-refractivity contribution < 1.29 is 0 Å². The van der Waals surface area contributed by atoms with E-state index in [9.17, 15) is 0 Å². The van der Waals surface area contributed by atoms with Crippen molar-refractivity contribution in [2.45, 2.75) is 52.5 Å². The molecule has 1 nitrogen and oxygen atoms in total. The third kappa shape index (κ3) is 5.10. The predicted molar refractivity (Wildman–Crippen MR) is 76.3 cm³/mol. The lowest BCUT2D eigenvalue weighted by Crippen LogP contribution is -2.33. The molecule has 2 N–H and O–H groups in total. The Hall–Kier alpha value is -0.530. The molecule has 0 aromatic heterocycles. The number of hydrogen-bond acceptors (Lipinski definition) is 1. The average molecular weight is 254 g/mol. The van der Waals surface area contributed by atoms with Gasteiger partial charge in [0, 0.05) is 10.6 Å². The zero-order valence-corrected chi connectivity index (χ0v) is 12.1. The van der Waals surface area contributed by atoms with Gasteiger partial charge in [0.15, 0.2) is 0 Å². The summed E-state index contributed by atoms with van der Waals surface area (Å²) in [6.45, 7) is 8.90. The lowest BCUT2D eigenvalue weighted by molar-refractivity contribution is 0.328. The number of benzene rings is 1. The molecule has 1 aromatic rings. The molecule has 0 aliphatic heterocycles. The van der Waals surface area contributed by atoms with Gasteiger partial charge in [0.05, 0.1) is 0 Å². The molecule has 1 aromatic carbocycles. The molecule has 0 fully saturated rings. The van der Waals surface area contributed by atoms with E-state index in [2.05, 4.69) is 27.7 Å². The first-order valence-electron chi connectivity index (χ1n) is 6.26. The molecule has 0 spiro atoms. The predicted octanol–water partition coefficient (Wildman–Crippen LogP) is 4.73. The van der Waals surface area contributed by atoms with Crippen LogP contribution >= 0.6 is 11.6 Å². The summed E-state index contributed by atoms with van der Waals surface area (Å²) in [5, 5.41) is 0.763. The fourth-order valence-electron chi connectivity index (χ4n) is 1.96. The van der Waals surface area contributed by atoms with Gasteiger partial charge in [-0.05, 0) is 42.9 Å². The molecule has 17 heavy (non-hydrogen) atoms. The second-order valence-corrected chi connectivity index (χ2v) is 6.78. The maximum Gasteiger partial charge on any atom is 0.0406 e. The van der Waals surface area contributed by atoms with Crippen LogP contribution in [0.25, 0.3) is 0 Å². The highest BCUT2D eigenvalue weighted by molar-refractivity contribution is 6.30. The number of nitrogens with two attached hydrogens (primary N) is 1. The van der Waals surface area contributed by atoms with E-state index >= 15 is 0 Å². The Labute approximate surface area is 110 Å². The van der Waals surface area contributed by atoms with Crippen LogP contribution in [0.3, 0.4) is 0 Å². The molecule has 0 saturated heterocycles. The van der Waals surface area contributed by atoms with Crippen molar-refractivity contribution in [1.29, 1.82) is 0 Å². The molecule has 0 aliphatic rings. The average Bonchev–Trinajstić information content (AvgIpc) is 2.15. The van der Waals surface area contributed by atoms with E-state index in [4.69, 9.17) is 17.3 Å². The summed E-state index contributed by atoms with van der Waals surface area (Å²) in [6, 6.07) is 7.87. The summed E-state index contributed by atoms with van der Waals surface area (Å²) in [5.41, 5.74) is 7.67. The fourth-order valence-corrected chi connectivity index (χ4v) is 2.09. The maximum absolute atomic E-state index is 6.37. The van der Waals surface area contributed by atoms with Gasteiger partial charge in [-0.3, -0.25) is 0 Å². The molecule has 0 heterocycles. The lowest BCUT2D eigenvalue weighted by atomic mass is 9.83. The molecule has 1 unspecified atom stereocenters. The normalized spacial score (nSPS) is 15.6. The molecule has 2 heteroatoms. The van der Waals surface area contributed by atoms with E-state index in [1.807, 2.05) is 24.3 Å². The van der Waals surface area contributed by atoms with Crippen molar-refractivity contribution in [3.8, 4) is 0 Å². The van der Waals surface area contributed by atoms with Gasteiger partial charge in [0.1, 0.15) is 0 Å². The first-order valence-corrected chi connectivity index (χ1v) is 6.63. The summed E-state index contributed by atoms with van der Waals surface area (Å²) >= 11 is 5.89. The summed E-state index contributed by atoms with van der Waals surface area (Å²) in [5.74, 6) is 0. The lowest BCUT2D eigenvalue weighted by Gasteiger charge is -2.27. The van der Waals surface area contributed by atoms with Crippen molar-refractivity contribution in [2.75, 3.05) is 0 Å². The largest absolute Gasteiger partial charge is 0.322 e. The van der Waals surface area contributed by atoms with Crippen LogP contribution in [0.1, 0.15) is 52.5 Å². The Morgan fingerprint density at radius 3 is 2.00 bits per heavy atom. The van der Waals surface area contributed by atoms with E-state index in [-0.39, 0.29) is 5.54 Å². The zero-order valence-electron chi connectivity index (χ0n) is 11.4. The first kappa shape index (κ1) is 14.5. The Balaban J connectivity index is 2.59. The van der Waals surface area contributed by atoms with Crippen LogP contribution in [0.4, 0.5) is 0 Å². The molecule has 0 radical (unpaired) electrons. The van der Waals surface area contributed by atoms with Crippen molar-refractivity contribution in [3.05, 3.63) is 34.9 Å². The summed E-state index contributed by atoms with van der Waals surface area (Å²) in [4.78, 5) is 0. The highest BCUT2D eigenvalue weighted by Gasteiger charge is 2.21. The quantitative estimate of drug-likeness (QED) is 0.825. The first-order chi connectivity index (χ1) is 7.71.